The van der Waals surface area contributed by atoms with E-state index in [0.717, 1.165) is 25.7 Å². The molecule has 2 unspecified atom stereocenters. The van der Waals surface area contributed by atoms with Gasteiger partial charge in [0.15, 0.2) is 0 Å². The van der Waals surface area contributed by atoms with E-state index in [1.807, 2.05) is 0 Å². The summed E-state index contributed by atoms with van der Waals surface area (Å²) in [6, 6.07) is -0.533. The Kier molecular flexibility index (Phi) is 65.6. The Balaban J connectivity index is 3.33. The van der Waals surface area contributed by atoms with Crippen molar-refractivity contribution in [1.29, 1.82) is 0 Å². The summed E-state index contributed by atoms with van der Waals surface area (Å²) >= 11 is 0. The number of allylic oxidation sites excluding steroid dienone is 2. The van der Waals surface area contributed by atoms with E-state index in [0.29, 0.717) is 12.8 Å². The molecule has 1 amide bonds. The second-order valence-corrected chi connectivity index (χ2v) is 24.3. The summed E-state index contributed by atoms with van der Waals surface area (Å²) in [4.78, 5) is 12.5. The average Bonchev–Trinajstić information content (AvgIpc) is 3.40. The fourth-order valence-corrected chi connectivity index (χ4v) is 11.5. The first-order valence-electron chi connectivity index (χ1n) is 34.9. The van der Waals surface area contributed by atoms with Gasteiger partial charge in [-0.15, -0.1) is 0 Å². The lowest BCUT2D eigenvalue weighted by atomic mass is 10.0. The molecule has 0 fully saturated rings. The minimum absolute atomic E-state index is 0.0206. The van der Waals surface area contributed by atoms with Crippen molar-refractivity contribution in [2.45, 2.75) is 424 Å². The summed E-state index contributed by atoms with van der Waals surface area (Å²) < 4.78 is 0. The number of unbranched alkanes of at least 4 members (excludes halogenated alkanes) is 57. The van der Waals surface area contributed by atoms with Gasteiger partial charge in [0, 0.05) is 6.42 Å². The normalized spacial score (nSPS) is 12.6. The van der Waals surface area contributed by atoms with Crippen molar-refractivity contribution in [3.05, 3.63) is 12.2 Å². The predicted molar refractivity (Wildman–Crippen MR) is 332 cm³/mol. The number of hydrogen-bond acceptors (Lipinski definition) is 3. The van der Waals surface area contributed by atoms with Crippen molar-refractivity contribution in [1.82, 2.24) is 5.32 Å². The number of carbonyl (C=O) groups is 1. The summed E-state index contributed by atoms with van der Waals surface area (Å²) in [5, 5.41) is 23.4. The molecule has 4 nitrogen and oxygen atoms in total. The molecule has 0 aliphatic rings. The average molecular weight is 1040 g/mol. The molecule has 0 aromatic heterocycles. The topological polar surface area (TPSA) is 69.6 Å². The quantitative estimate of drug-likeness (QED) is 0.0420. The monoisotopic (exact) mass is 1040 g/mol. The van der Waals surface area contributed by atoms with Gasteiger partial charge in [0.1, 0.15) is 0 Å². The number of nitrogens with one attached hydrogen (secondary N) is 1. The molecule has 0 heterocycles. The van der Waals surface area contributed by atoms with Crippen LogP contribution in [0, 0.1) is 0 Å². The van der Waals surface area contributed by atoms with Gasteiger partial charge in [-0.3, -0.25) is 4.79 Å². The van der Waals surface area contributed by atoms with E-state index in [2.05, 4.69) is 31.3 Å². The van der Waals surface area contributed by atoms with Gasteiger partial charge >= 0.3 is 0 Å². The Morgan fingerprint density at radius 2 is 0.514 bits per heavy atom. The lowest BCUT2D eigenvalue weighted by Crippen LogP contribution is -2.45. The first-order valence-corrected chi connectivity index (χ1v) is 34.9. The Morgan fingerprint density at radius 3 is 0.743 bits per heavy atom. The van der Waals surface area contributed by atoms with E-state index < -0.39 is 12.1 Å². The van der Waals surface area contributed by atoms with Gasteiger partial charge in [-0.2, -0.15) is 0 Å². The SMILES string of the molecule is CCCCCCCCCC/C=C\CCCCCCCCCCCCCCCCCCCCCCCCCCCCCCCC(=O)NC(CO)C(O)CCCCCCCCCCCCCCCCCCCCCCC. The summed E-state index contributed by atoms with van der Waals surface area (Å²) in [7, 11) is 0. The van der Waals surface area contributed by atoms with Crippen LogP contribution in [-0.4, -0.2) is 34.9 Å². The van der Waals surface area contributed by atoms with Crippen molar-refractivity contribution in [3.63, 3.8) is 0 Å². The highest BCUT2D eigenvalue weighted by Crippen LogP contribution is 2.20. The second kappa shape index (κ2) is 66.4. The fourth-order valence-electron chi connectivity index (χ4n) is 11.5. The number of amides is 1. The molecule has 0 bridgehead atoms. The zero-order chi connectivity index (χ0) is 53.4. The fraction of sp³-hybridized carbons (Fsp3) is 0.957. The molecule has 0 aliphatic carbocycles. The van der Waals surface area contributed by atoms with Crippen LogP contribution < -0.4 is 5.32 Å². The minimum atomic E-state index is -0.657. The molecule has 2 atom stereocenters. The molecule has 0 saturated carbocycles. The molecule has 0 saturated heterocycles. The van der Waals surface area contributed by atoms with Crippen molar-refractivity contribution >= 4 is 5.91 Å². The first kappa shape index (κ1) is 73.1. The highest BCUT2D eigenvalue weighted by molar-refractivity contribution is 5.76. The minimum Gasteiger partial charge on any atom is -0.394 e. The third-order valence-corrected chi connectivity index (χ3v) is 16.8. The Hall–Kier alpha value is -0.870. The van der Waals surface area contributed by atoms with Crippen molar-refractivity contribution < 1.29 is 15.0 Å². The van der Waals surface area contributed by atoms with Gasteiger partial charge in [-0.05, 0) is 38.5 Å². The third kappa shape index (κ3) is 62.0. The van der Waals surface area contributed by atoms with Crippen molar-refractivity contribution in [2.75, 3.05) is 6.61 Å². The van der Waals surface area contributed by atoms with Crippen LogP contribution in [-0.2, 0) is 4.79 Å². The second-order valence-electron chi connectivity index (χ2n) is 24.3. The van der Waals surface area contributed by atoms with Crippen LogP contribution in [0.2, 0.25) is 0 Å². The Bertz CT molecular complexity index is 1040. The number of rotatable bonds is 66. The van der Waals surface area contributed by atoms with Crippen LogP contribution >= 0.6 is 0 Å². The maximum atomic E-state index is 12.5. The number of aliphatic hydroxyl groups excluding tert-OH is 2. The Labute approximate surface area is 467 Å². The molecule has 0 spiro atoms. The van der Waals surface area contributed by atoms with Gasteiger partial charge in [0.25, 0.3) is 0 Å². The van der Waals surface area contributed by atoms with Crippen molar-refractivity contribution in [3.8, 4) is 0 Å². The summed E-state index contributed by atoms with van der Waals surface area (Å²) in [6.07, 6.45) is 88.5. The van der Waals surface area contributed by atoms with Gasteiger partial charge < -0.3 is 15.5 Å². The Morgan fingerprint density at radius 1 is 0.311 bits per heavy atom. The number of aliphatic hydroxyl groups is 2. The molecular weight excluding hydrogens is 903 g/mol. The lowest BCUT2D eigenvalue weighted by molar-refractivity contribution is -0.123. The smallest absolute Gasteiger partial charge is 0.220 e. The van der Waals surface area contributed by atoms with Crippen LogP contribution in [0.4, 0.5) is 0 Å². The summed E-state index contributed by atoms with van der Waals surface area (Å²) in [5.74, 6) is -0.0206. The lowest BCUT2D eigenvalue weighted by Gasteiger charge is -2.22. The van der Waals surface area contributed by atoms with E-state index >= 15 is 0 Å². The summed E-state index contributed by atoms with van der Waals surface area (Å²) in [6.45, 7) is 4.41. The first-order chi connectivity index (χ1) is 36.7. The zero-order valence-electron chi connectivity index (χ0n) is 51.2. The highest BCUT2D eigenvalue weighted by Gasteiger charge is 2.20. The molecule has 0 aromatic rings. The maximum Gasteiger partial charge on any atom is 0.220 e. The number of hydrogen-bond donors (Lipinski definition) is 3. The molecule has 74 heavy (non-hydrogen) atoms. The highest BCUT2D eigenvalue weighted by atomic mass is 16.3. The van der Waals surface area contributed by atoms with Crippen LogP contribution in [0.3, 0.4) is 0 Å². The predicted octanol–water partition coefficient (Wildman–Crippen LogP) is 23.6. The molecule has 442 valence electrons. The van der Waals surface area contributed by atoms with E-state index in [1.165, 1.54) is 360 Å². The van der Waals surface area contributed by atoms with Gasteiger partial charge in [0.05, 0.1) is 18.8 Å². The van der Waals surface area contributed by atoms with Gasteiger partial charge in [-0.25, -0.2) is 0 Å². The molecule has 4 heteroatoms. The van der Waals surface area contributed by atoms with Gasteiger partial charge in [-0.1, -0.05) is 379 Å². The molecule has 0 radical (unpaired) electrons. The van der Waals surface area contributed by atoms with E-state index in [1.54, 1.807) is 0 Å². The molecule has 0 aromatic carbocycles. The third-order valence-electron chi connectivity index (χ3n) is 16.8. The molecular formula is C70H139NO3. The largest absolute Gasteiger partial charge is 0.394 e. The summed E-state index contributed by atoms with van der Waals surface area (Å²) in [5.41, 5.74) is 0. The van der Waals surface area contributed by atoms with Crippen LogP contribution in [0.25, 0.3) is 0 Å². The molecule has 3 N–H and O–H groups in total. The van der Waals surface area contributed by atoms with Gasteiger partial charge in [0.2, 0.25) is 5.91 Å². The molecule has 0 rings (SSSR count). The van der Waals surface area contributed by atoms with Crippen LogP contribution in [0.5, 0.6) is 0 Å². The van der Waals surface area contributed by atoms with E-state index in [-0.39, 0.29) is 12.5 Å². The van der Waals surface area contributed by atoms with E-state index in [4.69, 9.17) is 0 Å². The zero-order valence-corrected chi connectivity index (χ0v) is 51.2. The maximum absolute atomic E-state index is 12.5. The number of carbonyl (C=O) groups excluding carboxylic acids is 1. The standard InChI is InChI=1S/C70H139NO3/c1-3-5-7-9-11-13-15-17-19-21-23-25-26-27-28-29-30-31-32-33-34-35-36-37-38-39-40-41-42-43-44-46-48-50-52-54-56-58-60-62-64-66-70(74)71-68(67-72)69(73)65-63-61-59-57-55-53-51-49-47-45-24-22-20-18-16-14-12-10-8-6-4-2/h21,23,68-69,72-73H,3-20,22,24-67H2,1-2H3,(H,71,74)/b23-21-. The van der Waals surface area contributed by atoms with Crippen molar-refractivity contribution in [2.24, 2.45) is 0 Å². The van der Waals surface area contributed by atoms with Crippen LogP contribution in [0.15, 0.2) is 12.2 Å². The van der Waals surface area contributed by atoms with E-state index in [9.17, 15) is 15.0 Å². The van der Waals surface area contributed by atoms with Crippen LogP contribution in [0.1, 0.15) is 412 Å². The molecule has 0 aliphatic heterocycles.